The van der Waals surface area contributed by atoms with E-state index in [0.717, 1.165) is 29.5 Å². The van der Waals surface area contributed by atoms with E-state index in [2.05, 4.69) is 15.5 Å². The molecule has 1 atom stereocenters. The summed E-state index contributed by atoms with van der Waals surface area (Å²) in [5, 5.41) is 32.9. The third-order valence-corrected chi connectivity index (χ3v) is 5.86. The Kier molecular flexibility index (Phi) is 5.74. The molecule has 1 unspecified atom stereocenters. The lowest BCUT2D eigenvalue weighted by Gasteiger charge is -2.16. The van der Waals surface area contributed by atoms with Crippen LogP contribution in [0.25, 0.3) is 0 Å². The van der Waals surface area contributed by atoms with Crippen LogP contribution in [0.1, 0.15) is 27.7 Å². The monoisotopic (exact) mass is 472 g/mol. The van der Waals surface area contributed by atoms with Crippen molar-refractivity contribution in [1.82, 2.24) is 10.2 Å². The molecule has 0 radical (unpaired) electrons. The van der Waals surface area contributed by atoms with E-state index in [4.69, 9.17) is 0 Å². The van der Waals surface area contributed by atoms with Crippen LogP contribution in [-0.4, -0.2) is 38.4 Å². The number of non-ortho nitro benzene ring substituents is 2. The Morgan fingerprint density at radius 2 is 1.73 bits per heavy atom. The Hall–Kier alpha value is -4.33. The van der Waals surface area contributed by atoms with Crippen molar-refractivity contribution in [3.05, 3.63) is 79.1 Å². The minimum atomic E-state index is -0.836. The minimum absolute atomic E-state index is 0.0665. The summed E-state index contributed by atoms with van der Waals surface area (Å²) in [6, 6.07) is 8.10. The second-order valence-electron chi connectivity index (χ2n) is 7.03. The van der Waals surface area contributed by atoms with E-state index in [9.17, 15) is 34.2 Å². The molecule has 2 amide bonds. The summed E-state index contributed by atoms with van der Waals surface area (Å²) >= 11 is 1.02. The molecule has 1 saturated heterocycles. The first-order valence-electron chi connectivity index (χ1n) is 9.36. The smallest absolute Gasteiger partial charge is 0.277 e. The Bertz CT molecular complexity index is 1250. The molecule has 2 heterocycles. The van der Waals surface area contributed by atoms with E-state index in [1.54, 1.807) is 0 Å². The number of aromatic nitrogens is 2. The summed E-state index contributed by atoms with van der Waals surface area (Å²) in [6.45, 7) is 0.296. The number of nitrogens with one attached hydrogen (secondary N) is 1. The van der Waals surface area contributed by atoms with Gasteiger partial charge in [-0.15, -0.1) is 10.2 Å². The fraction of sp³-hybridized carbons (Fsp3) is 0.158. The van der Waals surface area contributed by atoms with Crippen LogP contribution in [0.5, 0.6) is 0 Å². The lowest BCUT2D eigenvalue weighted by Crippen LogP contribution is -2.24. The average molecular weight is 472 g/mol. The van der Waals surface area contributed by atoms with Crippen LogP contribution in [-0.2, 0) is 4.79 Å². The molecular formula is C19H13FN6O6S. The predicted molar refractivity (Wildman–Crippen MR) is 114 cm³/mol. The van der Waals surface area contributed by atoms with E-state index in [-0.39, 0.29) is 28.9 Å². The molecule has 0 spiro atoms. The van der Waals surface area contributed by atoms with Crippen molar-refractivity contribution in [2.24, 2.45) is 0 Å². The van der Waals surface area contributed by atoms with Gasteiger partial charge in [-0.3, -0.25) is 35.1 Å². The zero-order valence-corrected chi connectivity index (χ0v) is 17.3. The standard InChI is InChI=1S/C19H13FN6O6S/c20-12-1-3-13(4-2-12)24-9-11(7-16(24)27)18-22-23-19(33-18)21-17(28)10-5-14(25(29)30)8-15(6-10)26(31)32/h1-6,8,11H,7,9H2,(H,21,23,28). The average Bonchev–Trinajstić information content (AvgIpc) is 3.40. The minimum Gasteiger partial charge on any atom is -0.312 e. The van der Waals surface area contributed by atoms with Crippen LogP contribution < -0.4 is 10.2 Å². The van der Waals surface area contributed by atoms with E-state index in [1.807, 2.05) is 0 Å². The molecule has 3 aromatic rings. The maximum Gasteiger partial charge on any atom is 0.277 e. The molecular weight excluding hydrogens is 459 g/mol. The molecule has 14 heteroatoms. The van der Waals surface area contributed by atoms with Gasteiger partial charge in [0.1, 0.15) is 10.8 Å². The number of hydrogen-bond donors (Lipinski definition) is 1. The van der Waals surface area contributed by atoms with Gasteiger partial charge >= 0.3 is 0 Å². The summed E-state index contributed by atoms with van der Waals surface area (Å²) in [5.41, 5.74) is -0.935. The quantitative estimate of drug-likeness (QED) is 0.422. The number of nitrogens with zero attached hydrogens (tertiary/aromatic N) is 5. The van der Waals surface area contributed by atoms with E-state index < -0.39 is 32.9 Å². The Morgan fingerprint density at radius 3 is 2.33 bits per heavy atom. The Morgan fingerprint density at radius 1 is 1.09 bits per heavy atom. The second-order valence-corrected chi connectivity index (χ2v) is 8.04. The van der Waals surface area contributed by atoms with Crippen molar-refractivity contribution in [2.45, 2.75) is 12.3 Å². The van der Waals surface area contributed by atoms with Gasteiger partial charge in [0.25, 0.3) is 17.3 Å². The molecule has 33 heavy (non-hydrogen) atoms. The largest absolute Gasteiger partial charge is 0.312 e. The van der Waals surface area contributed by atoms with Crippen molar-refractivity contribution in [3.63, 3.8) is 0 Å². The number of carbonyl (C=O) groups excluding carboxylic acids is 2. The number of nitro groups is 2. The normalized spacial score (nSPS) is 15.5. The van der Waals surface area contributed by atoms with Gasteiger partial charge in [-0.2, -0.15) is 0 Å². The highest BCUT2D eigenvalue weighted by atomic mass is 32.1. The zero-order valence-electron chi connectivity index (χ0n) is 16.5. The molecule has 0 bridgehead atoms. The summed E-state index contributed by atoms with van der Waals surface area (Å²) < 4.78 is 13.1. The van der Waals surface area contributed by atoms with Gasteiger partial charge in [-0.25, -0.2) is 4.39 Å². The van der Waals surface area contributed by atoms with Gasteiger partial charge < -0.3 is 4.90 Å². The Labute approximate surface area is 188 Å². The lowest BCUT2D eigenvalue weighted by atomic mass is 10.1. The number of amides is 2. The molecule has 168 valence electrons. The summed E-state index contributed by atoms with van der Waals surface area (Å²) in [6.07, 6.45) is 0.150. The maximum absolute atomic E-state index is 13.1. The summed E-state index contributed by atoms with van der Waals surface area (Å²) in [4.78, 5) is 46.8. The van der Waals surface area contributed by atoms with Crippen LogP contribution in [0.3, 0.4) is 0 Å². The molecule has 1 fully saturated rings. The highest BCUT2D eigenvalue weighted by Crippen LogP contribution is 2.34. The predicted octanol–water partition coefficient (Wildman–Crippen LogP) is 3.27. The van der Waals surface area contributed by atoms with Crippen LogP contribution >= 0.6 is 11.3 Å². The fourth-order valence-electron chi connectivity index (χ4n) is 3.30. The first-order chi connectivity index (χ1) is 15.7. The highest BCUT2D eigenvalue weighted by molar-refractivity contribution is 7.15. The molecule has 1 aliphatic rings. The third-order valence-electron chi connectivity index (χ3n) is 4.86. The number of benzene rings is 2. The summed E-state index contributed by atoms with van der Waals surface area (Å²) in [7, 11) is 0. The number of rotatable bonds is 6. The molecule has 0 aliphatic carbocycles. The van der Waals surface area contributed by atoms with Gasteiger partial charge in [0.15, 0.2) is 0 Å². The molecule has 12 nitrogen and oxygen atoms in total. The number of anilines is 2. The first-order valence-corrected chi connectivity index (χ1v) is 10.2. The molecule has 1 aliphatic heterocycles. The number of carbonyl (C=O) groups is 2. The number of nitro benzene ring substituents is 2. The molecule has 1 N–H and O–H groups in total. The third kappa shape index (κ3) is 4.64. The maximum atomic E-state index is 13.1. The van der Waals surface area contributed by atoms with Gasteiger partial charge in [0, 0.05) is 36.7 Å². The van der Waals surface area contributed by atoms with E-state index in [1.165, 1.54) is 29.2 Å². The van der Waals surface area contributed by atoms with Crippen LogP contribution in [0, 0.1) is 26.0 Å². The van der Waals surface area contributed by atoms with E-state index >= 15 is 0 Å². The Balaban J connectivity index is 1.49. The topological polar surface area (TPSA) is 161 Å². The van der Waals surface area contributed by atoms with Crippen LogP contribution in [0.4, 0.5) is 26.6 Å². The molecule has 0 saturated carbocycles. The van der Waals surface area contributed by atoms with Crippen molar-refractivity contribution in [1.29, 1.82) is 0 Å². The van der Waals surface area contributed by atoms with E-state index in [0.29, 0.717) is 17.2 Å². The summed E-state index contributed by atoms with van der Waals surface area (Å²) in [5.74, 6) is -1.72. The molecule has 1 aromatic heterocycles. The van der Waals surface area contributed by atoms with Gasteiger partial charge in [0.05, 0.1) is 21.5 Å². The number of halogens is 1. The molecule has 4 rings (SSSR count). The second kappa shape index (κ2) is 8.66. The van der Waals surface area contributed by atoms with Crippen LogP contribution in [0.15, 0.2) is 42.5 Å². The highest BCUT2D eigenvalue weighted by Gasteiger charge is 2.34. The first kappa shape index (κ1) is 21.9. The number of hydrogen-bond acceptors (Lipinski definition) is 9. The van der Waals surface area contributed by atoms with Gasteiger partial charge in [0.2, 0.25) is 11.0 Å². The SMILES string of the molecule is O=C(Nc1nnc(C2CC(=O)N(c3ccc(F)cc3)C2)s1)c1cc([N+](=O)[O-])cc([N+](=O)[O-])c1. The molecule has 2 aromatic carbocycles. The van der Waals surface area contributed by atoms with Crippen molar-refractivity contribution in [3.8, 4) is 0 Å². The van der Waals surface area contributed by atoms with Gasteiger partial charge in [-0.1, -0.05) is 11.3 Å². The van der Waals surface area contributed by atoms with Crippen LogP contribution in [0.2, 0.25) is 0 Å². The van der Waals surface area contributed by atoms with Crippen molar-refractivity contribution in [2.75, 3.05) is 16.8 Å². The fourth-order valence-corrected chi connectivity index (χ4v) is 4.13. The lowest BCUT2D eigenvalue weighted by molar-refractivity contribution is -0.394. The van der Waals surface area contributed by atoms with Crippen molar-refractivity contribution >= 4 is 45.3 Å². The van der Waals surface area contributed by atoms with Crippen molar-refractivity contribution < 1.29 is 23.8 Å². The van der Waals surface area contributed by atoms with Gasteiger partial charge in [-0.05, 0) is 24.3 Å². The zero-order chi connectivity index (χ0) is 23.7.